The number of ether oxygens (including phenoxy) is 1. The fraction of sp³-hybridized carbons (Fsp3) is 0.259. The molecule has 0 aliphatic carbocycles. The third kappa shape index (κ3) is 5.28. The van der Waals surface area contributed by atoms with E-state index in [9.17, 15) is 4.79 Å². The molecule has 4 aromatic rings. The molecule has 170 valence electrons. The molecule has 1 atom stereocenters. The summed E-state index contributed by atoms with van der Waals surface area (Å²) in [5, 5.41) is 0. The second-order valence-electron chi connectivity index (χ2n) is 8.37. The lowest BCUT2D eigenvalue weighted by atomic mass is 9.89. The molecule has 0 aliphatic rings. The molecule has 0 saturated carbocycles. The van der Waals surface area contributed by atoms with Crippen molar-refractivity contribution in [3.8, 4) is 17.2 Å². The first-order valence-electron chi connectivity index (χ1n) is 10.9. The Morgan fingerprint density at radius 3 is 2.48 bits per heavy atom. The lowest BCUT2D eigenvalue weighted by Gasteiger charge is -2.29. The molecule has 2 heterocycles. The molecule has 0 N–H and O–H groups in total. The number of ketones is 1. The number of Topliss-reactive ketones (excluding diaryl/α,β-unsaturated/α-hetero) is 1. The zero-order valence-corrected chi connectivity index (χ0v) is 20.6. The Morgan fingerprint density at radius 2 is 1.85 bits per heavy atom. The highest BCUT2D eigenvalue weighted by atomic mass is 79.9. The summed E-state index contributed by atoms with van der Waals surface area (Å²) in [6, 6.07) is 19.8. The zero-order valence-electron chi connectivity index (χ0n) is 19.0. The molecule has 0 fully saturated rings. The van der Waals surface area contributed by atoms with Crippen LogP contribution < -0.4 is 4.74 Å². The summed E-state index contributed by atoms with van der Waals surface area (Å²) >= 11 is 3.47. The van der Waals surface area contributed by atoms with Gasteiger partial charge in [0, 0.05) is 35.3 Å². The summed E-state index contributed by atoms with van der Waals surface area (Å²) in [7, 11) is 0. The number of benzene rings is 2. The van der Waals surface area contributed by atoms with Crippen LogP contribution in [-0.2, 0) is 23.2 Å². The molecular weight excluding hydrogens is 480 g/mol. The number of hydrogen-bond acceptors (Lipinski definition) is 4. The van der Waals surface area contributed by atoms with Crippen LogP contribution in [0.2, 0.25) is 0 Å². The van der Waals surface area contributed by atoms with E-state index in [1.165, 1.54) is 0 Å². The number of hydrogen-bond donors (Lipinski definition) is 0. The Hall–Kier alpha value is -3.12. The van der Waals surface area contributed by atoms with Gasteiger partial charge < -0.3 is 13.7 Å². The van der Waals surface area contributed by atoms with Crippen molar-refractivity contribution in [1.82, 2.24) is 9.55 Å². The Labute approximate surface area is 202 Å². The fourth-order valence-electron chi connectivity index (χ4n) is 3.81. The van der Waals surface area contributed by atoms with Crippen molar-refractivity contribution >= 4 is 21.7 Å². The molecule has 5 nitrogen and oxygen atoms in total. The Kier molecular flexibility index (Phi) is 6.84. The summed E-state index contributed by atoms with van der Waals surface area (Å²) < 4.78 is 14.7. The predicted molar refractivity (Wildman–Crippen MR) is 132 cm³/mol. The van der Waals surface area contributed by atoms with Gasteiger partial charge >= 0.3 is 0 Å². The average Bonchev–Trinajstić information content (AvgIpc) is 3.41. The van der Waals surface area contributed by atoms with Gasteiger partial charge in [0.15, 0.2) is 5.78 Å². The van der Waals surface area contributed by atoms with Crippen LogP contribution in [0, 0.1) is 6.92 Å². The van der Waals surface area contributed by atoms with E-state index in [1.54, 1.807) is 6.92 Å². The van der Waals surface area contributed by atoms with E-state index in [-0.39, 0.29) is 5.78 Å². The van der Waals surface area contributed by atoms with E-state index >= 15 is 0 Å². The van der Waals surface area contributed by atoms with Crippen molar-refractivity contribution in [1.29, 1.82) is 0 Å². The molecule has 0 saturated heterocycles. The number of carbonyl (C=O) groups is 1. The summed E-state index contributed by atoms with van der Waals surface area (Å²) in [4.78, 5) is 17.1. The van der Waals surface area contributed by atoms with Crippen LogP contribution in [0.4, 0.5) is 0 Å². The Morgan fingerprint density at radius 1 is 1.12 bits per heavy atom. The van der Waals surface area contributed by atoms with E-state index in [4.69, 9.17) is 9.15 Å². The molecule has 2 aromatic heterocycles. The molecule has 0 unspecified atom stereocenters. The first-order valence-corrected chi connectivity index (χ1v) is 11.7. The summed E-state index contributed by atoms with van der Waals surface area (Å²) in [6.07, 6.45) is 5.13. The van der Waals surface area contributed by atoms with E-state index in [0.717, 1.165) is 32.8 Å². The van der Waals surface area contributed by atoms with Crippen LogP contribution in [-0.4, -0.2) is 21.9 Å². The van der Waals surface area contributed by atoms with Gasteiger partial charge in [-0.1, -0.05) is 30.3 Å². The maximum absolute atomic E-state index is 12.5. The Balaban J connectivity index is 1.36. The lowest BCUT2D eigenvalue weighted by molar-refractivity contribution is -0.124. The van der Waals surface area contributed by atoms with Crippen molar-refractivity contribution in [3.63, 3.8) is 0 Å². The van der Waals surface area contributed by atoms with Gasteiger partial charge in [0.25, 0.3) is 0 Å². The number of oxazole rings is 1. The average molecular weight is 507 g/mol. The number of nitrogens with zero attached hydrogens (tertiary/aromatic N) is 2. The molecule has 4 rings (SSSR count). The number of carbonyl (C=O) groups excluding carboxylic acids is 1. The van der Waals surface area contributed by atoms with Gasteiger partial charge in [0.05, 0.1) is 12.3 Å². The monoisotopic (exact) mass is 506 g/mol. The molecule has 0 amide bonds. The number of aryl methyl sites for hydroxylation is 1. The molecule has 2 aromatic carbocycles. The van der Waals surface area contributed by atoms with E-state index in [0.29, 0.717) is 25.3 Å². The first kappa shape index (κ1) is 23.1. The molecule has 0 spiro atoms. The molecule has 0 bridgehead atoms. The van der Waals surface area contributed by atoms with E-state index in [2.05, 4.69) is 20.9 Å². The minimum Gasteiger partial charge on any atom is -0.493 e. The van der Waals surface area contributed by atoms with Crippen molar-refractivity contribution < 1.29 is 13.9 Å². The van der Waals surface area contributed by atoms with E-state index in [1.807, 2.05) is 91.5 Å². The number of aromatic nitrogens is 2. The highest BCUT2D eigenvalue weighted by molar-refractivity contribution is 9.10. The molecule has 33 heavy (non-hydrogen) atoms. The van der Waals surface area contributed by atoms with Crippen molar-refractivity contribution in [3.05, 3.63) is 94.5 Å². The van der Waals surface area contributed by atoms with Crippen LogP contribution in [0.3, 0.4) is 0 Å². The topological polar surface area (TPSA) is 57.3 Å². The van der Waals surface area contributed by atoms with Crippen molar-refractivity contribution in [2.75, 3.05) is 6.61 Å². The Bertz CT molecular complexity index is 1230. The maximum atomic E-state index is 12.5. The number of halogens is 1. The minimum atomic E-state index is -0.644. The van der Waals surface area contributed by atoms with Gasteiger partial charge in [-0.25, -0.2) is 4.98 Å². The molecule has 0 aliphatic heterocycles. The first-order chi connectivity index (χ1) is 15.8. The highest BCUT2D eigenvalue weighted by Crippen LogP contribution is 2.27. The molecular formula is C27H27BrN2O3. The minimum absolute atomic E-state index is 0.115. The van der Waals surface area contributed by atoms with Crippen LogP contribution in [0.15, 0.2) is 81.9 Å². The lowest BCUT2D eigenvalue weighted by Crippen LogP contribution is -2.38. The normalized spacial score (nSPS) is 13.0. The fourth-order valence-corrected chi connectivity index (χ4v) is 4.14. The van der Waals surface area contributed by atoms with Gasteiger partial charge in [0.1, 0.15) is 17.0 Å². The van der Waals surface area contributed by atoms with Crippen LogP contribution in [0.25, 0.3) is 11.5 Å². The second kappa shape index (κ2) is 9.79. The number of rotatable bonds is 9. The van der Waals surface area contributed by atoms with Crippen molar-refractivity contribution in [2.45, 2.75) is 39.2 Å². The molecule has 0 radical (unpaired) electrons. The van der Waals surface area contributed by atoms with Crippen LogP contribution in [0.1, 0.15) is 30.9 Å². The van der Waals surface area contributed by atoms with Crippen molar-refractivity contribution in [2.24, 2.45) is 0 Å². The van der Waals surface area contributed by atoms with Crippen LogP contribution >= 0.6 is 15.9 Å². The summed E-state index contributed by atoms with van der Waals surface area (Å²) in [5.41, 5.74) is 2.30. The highest BCUT2D eigenvalue weighted by Gasteiger charge is 2.31. The maximum Gasteiger partial charge on any atom is 0.226 e. The third-order valence-corrected chi connectivity index (χ3v) is 6.45. The summed E-state index contributed by atoms with van der Waals surface area (Å²) in [5.74, 6) is 2.35. The van der Waals surface area contributed by atoms with Gasteiger partial charge in [0.2, 0.25) is 5.89 Å². The van der Waals surface area contributed by atoms with Gasteiger partial charge in [-0.3, -0.25) is 4.79 Å². The van der Waals surface area contributed by atoms with Gasteiger partial charge in [-0.05, 0) is 72.6 Å². The third-order valence-electron chi connectivity index (χ3n) is 5.98. The standard InChI is InChI=1S/C27H27BrN2O3/c1-19-25(29-26(33-19)22-7-5-4-6-8-22)14-16-32-24-11-9-21(10-12-24)17-27(3,20(2)31)30-15-13-23(28)18-30/h4-13,15,18H,14,16-17H2,1-3H3/t27-/m0/s1. The smallest absolute Gasteiger partial charge is 0.226 e. The SMILES string of the molecule is CC(=O)[C@](C)(Cc1ccc(OCCc2nc(-c3ccccc3)oc2C)cc1)n1ccc(Br)c1. The van der Waals surface area contributed by atoms with Crippen LogP contribution in [0.5, 0.6) is 5.75 Å². The largest absolute Gasteiger partial charge is 0.493 e. The second-order valence-corrected chi connectivity index (χ2v) is 9.29. The van der Waals surface area contributed by atoms with Gasteiger partial charge in [-0.2, -0.15) is 0 Å². The predicted octanol–water partition coefficient (Wildman–Crippen LogP) is 6.38. The zero-order chi connectivity index (χ0) is 23.4. The quantitative estimate of drug-likeness (QED) is 0.264. The van der Waals surface area contributed by atoms with E-state index < -0.39 is 5.54 Å². The van der Waals surface area contributed by atoms with Gasteiger partial charge in [-0.15, -0.1) is 0 Å². The summed E-state index contributed by atoms with van der Waals surface area (Å²) in [6.45, 7) is 6.04. The molecule has 6 heteroatoms.